The van der Waals surface area contributed by atoms with E-state index >= 15 is 0 Å². The van der Waals surface area contributed by atoms with Gasteiger partial charge in [0, 0.05) is 0 Å². The van der Waals surface area contributed by atoms with Gasteiger partial charge in [-0.2, -0.15) is 0 Å². The Morgan fingerprint density at radius 1 is 1.38 bits per heavy atom. The number of benzene rings is 1. The van der Waals surface area contributed by atoms with Gasteiger partial charge in [0.15, 0.2) is 0 Å². The first-order valence-corrected chi connectivity index (χ1v) is 15.5. The van der Waals surface area contributed by atoms with Crippen LogP contribution in [0.4, 0.5) is 0 Å². The average Bonchev–Trinajstić information content (AvgIpc) is 3.00. The van der Waals surface area contributed by atoms with Crippen LogP contribution in [0, 0.1) is 0 Å². The molecule has 1 heterocycles. The summed E-state index contributed by atoms with van der Waals surface area (Å²) in [5.74, 6) is 0.654. The molecule has 0 bridgehead atoms. The number of nitrogens with one attached hydrogen (secondary N) is 1. The number of carbonyl (C=O) groups is 1. The summed E-state index contributed by atoms with van der Waals surface area (Å²) in [6, 6.07) is 5.61. The summed E-state index contributed by atoms with van der Waals surface area (Å²) in [6.45, 7) is 2.01. The fourth-order valence-electron chi connectivity index (χ4n) is 3.89. The number of aliphatic hydroxyl groups is 1. The number of aromatic hydroxyl groups is 1. The average molecular weight is 463 g/mol. The molecule has 0 saturated carbocycles. The number of aliphatic hydroxyl groups excluding tert-OH is 1. The van der Waals surface area contributed by atoms with Gasteiger partial charge in [-0.3, -0.25) is 0 Å². The molecule has 2 unspecified atom stereocenters. The number of phenolic OH excluding ortho intramolecular Hbond substituents is 1. The number of hydrogen-bond acceptors (Lipinski definition) is 6. The van der Waals surface area contributed by atoms with Crippen LogP contribution in [0.15, 0.2) is 30.0 Å². The van der Waals surface area contributed by atoms with E-state index in [1.165, 1.54) is 11.1 Å². The van der Waals surface area contributed by atoms with E-state index in [0.29, 0.717) is 21.6 Å². The maximum atomic E-state index is 11.5. The minimum atomic E-state index is -2.30. The van der Waals surface area contributed by atoms with Crippen molar-refractivity contribution >= 4 is 27.4 Å². The van der Waals surface area contributed by atoms with Crippen molar-refractivity contribution < 1.29 is 24.7 Å². The van der Waals surface area contributed by atoms with E-state index < -0.39 is 21.4 Å². The van der Waals surface area contributed by atoms with Crippen LogP contribution in [0.25, 0.3) is 0 Å². The predicted octanol–water partition coefficient (Wildman–Crippen LogP) is 2.71. The Morgan fingerprint density at radius 3 is 3.04 bits per heavy atom. The van der Waals surface area contributed by atoms with Crippen LogP contribution in [0.1, 0.15) is 43.7 Å². The Bertz CT molecular complexity index is 678. The molecule has 7 heteroatoms. The Kier molecular flexibility index (Phi) is 6.89. The summed E-state index contributed by atoms with van der Waals surface area (Å²) in [4.78, 5) is 21.7. The van der Waals surface area contributed by atoms with E-state index in [-0.39, 0.29) is 9.83 Å². The number of allylic oxidation sites excluding steroid dienone is 1. The van der Waals surface area contributed by atoms with Crippen LogP contribution in [0.5, 0.6) is 5.75 Å². The normalized spacial score (nSPS) is 21.9. The van der Waals surface area contributed by atoms with Gasteiger partial charge in [0.25, 0.3) is 0 Å². The molecule has 1 aromatic rings. The van der Waals surface area contributed by atoms with Gasteiger partial charge in [-0.15, -0.1) is 0 Å². The van der Waals surface area contributed by atoms with E-state index in [9.17, 15) is 15.0 Å². The molecule has 0 radical (unpaired) electrons. The molecule has 140 valence electrons. The Hall–Kier alpha value is -1.18. The van der Waals surface area contributed by atoms with Crippen LogP contribution in [0.3, 0.4) is 0 Å². The summed E-state index contributed by atoms with van der Waals surface area (Å²) in [7, 11) is 0. The van der Waals surface area contributed by atoms with Crippen LogP contribution >= 0.6 is 0 Å². The summed E-state index contributed by atoms with van der Waals surface area (Å²) < 4.78 is 0.972. The molecule has 2 atom stereocenters. The zero-order valence-corrected chi connectivity index (χ0v) is 18.4. The molecule has 3 N–H and O–H groups in total. The molecular weight excluding hydrogens is 437 g/mol. The third-order valence-corrected chi connectivity index (χ3v) is 16.0. The van der Waals surface area contributed by atoms with Gasteiger partial charge in [0.05, 0.1) is 0 Å². The van der Waals surface area contributed by atoms with Crippen molar-refractivity contribution in [1.82, 2.24) is 5.64 Å². The monoisotopic (exact) mass is 463 g/mol. The van der Waals surface area contributed by atoms with Gasteiger partial charge in [0.2, 0.25) is 0 Å². The number of carbonyl (C=O) groups excluding carboxylic acids is 1. The quantitative estimate of drug-likeness (QED) is 0.540. The van der Waals surface area contributed by atoms with Crippen molar-refractivity contribution in [2.24, 2.45) is 0 Å². The van der Waals surface area contributed by atoms with Gasteiger partial charge in [-0.25, -0.2) is 0 Å². The van der Waals surface area contributed by atoms with Gasteiger partial charge < -0.3 is 0 Å². The zero-order valence-electron chi connectivity index (χ0n) is 15.1. The van der Waals surface area contributed by atoms with Crippen molar-refractivity contribution in [2.75, 3.05) is 0 Å². The van der Waals surface area contributed by atoms with Crippen molar-refractivity contribution in [3.63, 3.8) is 0 Å². The minimum absolute atomic E-state index is 0.308. The first-order chi connectivity index (χ1) is 12.6. The molecule has 1 aliphatic carbocycles. The van der Waals surface area contributed by atoms with Crippen LogP contribution in [-0.4, -0.2) is 41.5 Å². The molecular formula is C19H26InNO5. The molecule has 0 aromatic heterocycles. The molecule has 3 rings (SSSR count). The first-order valence-electron chi connectivity index (χ1n) is 9.38. The van der Waals surface area contributed by atoms with Crippen molar-refractivity contribution in [3.05, 3.63) is 41.2 Å². The predicted molar refractivity (Wildman–Crippen MR) is 98.4 cm³/mol. The fraction of sp³-hybridized carbons (Fsp3) is 0.526. The van der Waals surface area contributed by atoms with Crippen molar-refractivity contribution in [2.45, 2.75) is 57.2 Å². The van der Waals surface area contributed by atoms with Crippen LogP contribution < -0.4 is 5.64 Å². The molecule has 0 spiro atoms. The van der Waals surface area contributed by atoms with Gasteiger partial charge >= 0.3 is 162 Å². The molecule has 0 fully saturated rings. The molecule has 0 amide bonds. The molecule has 26 heavy (non-hydrogen) atoms. The number of aryl methyl sites for hydroxylation is 1. The molecule has 1 aliphatic heterocycles. The van der Waals surface area contributed by atoms with Crippen LogP contribution in [0.2, 0.25) is 7.85 Å². The number of phenols is 1. The second-order valence-corrected chi connectivity index (χ2v) is 16.8. The number of fused-ring (bicyclic) bond motifs is 1. The van der Waals surface area contributed by atoms with Gasteiger partial charge in [0.1, 0.15) is 0 Å². The maximum absolute atomic E-state index is 11.5. The number of hydrogen-bond donors (Lipinski definition) is 3. The summed E-state index contributed by atoms with van der Waals surface area (Å²) in [6.07, 6.45) is 6.89. The molecule has 1 aromatic carbocycles. The molecule has 6 nitrogen and oxygen atoms in total. The summed E-state index contributed by atoms with van der Waals surface area (Å²) in [5, 5.41) is 20.2. The number of unbranched alkanes of at least 4 members (excludes halogenated alkanes) is 1. The topological polar surface area (TPSA) is 88.0 Å². The Labute approximate surface area is 161 Å². The van der Waals surface area contributed by atoms with E-state index in [1.807, 2.05) is 19.1 Å². The standard InChI is InChI=1S/C10H11O.C9H15NO4.In/c11-10-6-5-8-3-1-2-4-9(8)7-10;1-3-4-5-9(12)14-10-13-8(2)6-7-11;/h2,5-7,11H,1,3-4H2;6-7,10-11H,2-5H2,1H3;. The second-order valence-electron chi connectivity index (χ2n) is 7.21. The van der Waals surface area contributed by atoms with Crippen LogP contribution in [-0.2, 0) is 27.3 Å². The Balaban J connectivity index is 1.49. The van der Waals surface area contributed by atoms with E-state index in [2.05, 4.69) is 5.64 Å². The fourth-order valence-corrected chi connectivity index (χ4v) is 13.7. The summed E-state index contributed by atoms with van der Waals surface area (Å²) >= 11 is -2.30. The first kappa shape index (κ1) is 19.6. The Morgan fingerprint density at radius 2 is 2.23 bits per heavy atom. The van der Waals surface area contributed by atoms with Gasteiger partial charge in [-0.05, 0) is 0 Å². The summed E-state index contributed by atoms with van der Waals surface area (Å²) in [5.41, 5.74) is 4.79. The van der Waals surface area contributed by atoms with E-state index in [4.69, 9.17) is 9.68 Å². The third-order valence-electron chi connectivity index (χ3n) is 5.36. The SMILES string of the molecule is CCCCC(=O)ONOC1=C[CH](O)[In]([CH]2CCc3ccc(O)cc3C2)[CH2]1. The second kappa shape index (κ2) is 9.15. The van der Waals surface area contributed by atoms with Gasteiger partial charge in [-0.1, -0.05) is 0 Å². The van der Waals surface area contributed by atoms with Crippen molar-refractivity contribution in [3.8, 4) is 5.75 Å². The van der Waals surface area contributed by atoms with E-state index in [1.54, 1.807) is 12.1 Å². The molecule has 2 aliphatic rings. The zero-order chi connectivity index (χ0) is 18.5. The van der Waals surface area contributed by atoms with E-state index in [0.717, 1.165) is 36.3 Å². The third kappa shape index (κ3) is 4.96. The van der Waals surface area contributed by atoms with Crippen molar-refractivity contribution in [1.29, 1.82) is 0 Å². The number of rotatable bonds is 7. The molecule has 0 saturated heterocycles.